The lowest BCUT2D eigenvalue weighted by Gasteiger charge is -2.35. The van der Waals surface area contributed by atoms with Crippen LogP contribution >= 0.6 is 0 Å². The van der Waals surface area contributed by atoms with E-state index in [0.29, 0.717) is 0 Å². The van der Waals surface area contributed by atoms with Crippen molar-refractivity contribution in [2.24, 2.45) is 7.05 Å². The summed E-state index contributed by atoms with van der Waals surface area (Å²) in [7, 11) is 2.05. The third-order valence-corrected chi connectivity index (χ3v) is 3.93. The first-order valence-corrected chi connectivity index (χ1v) is 7.37. The highest BCUT2D eigenvalue weighted by Crippen LogP contribution is 2.15. The summed E-state index contributed by atoms with van der Waals surface area (Å²) in [5.41, 5.74) is 1.04. The van der Waals surface area contributed by atoms with Gasteiger partial charge in [0.05, 0.1) is 6.54 Å². The lowest BCUT2D eigenvalue weighted by atomic mass is 10.3. The first-order valence-electron chi connectivity index (χ1n) is 7.37. The molecule has 0 aromatic carbocycles. The van der Waals surface area contributed by atoms with Crippen LogP contribution in [0, 0.1) is 13.8 Å². The third-order valence-electron chi connectivity index (χ3n) is 3.93. The monoisotopic (exact) mass is 286 g/mol. The van der Waals surface area contributed by atoms with Crippen molar-refractivity contribution in [2.75, 3.05) is 31.1 Å². The van der Waals surface area contributed by atoms with Gasteiger partial charge in [0.1, 0.15) is 17.5 Å². The van der Waals surface area contributed by atoms with Crippen molar-refractivity contribution in [3.8, 4) is 0 Å². The number of piperazine rings is 1. The first kappa shape index (κ1) is 14.0. The molecule has 2 aromatic rings. The molecule has 0 saturated carbocycles. The fourth-order valence-corrected chi connectivity index (χ4v) is 2.74. The van der Waals surface area contributed by atoms with Gasteiger partial charge in [0.25, 0.3) is 0 Å². The summed E-state index contributed by atoms with van der Waals surface area (Å²) >= 11 is 0. The quantitative estimate of drug-likeness (QED) is 0.847. The summed E-state index contributed by atoms with van der Waals surface area (Å²) in [6.45, 7) is 8.97. The van der Waals surface area contributed by atoms with Crippen LogP contribution in [0.3, 0.4) is 0 Å². The third kappa shape index (κ3) is 3.21. The van der Waals surface area contributed by atoms with E-state index in [1.807, 2.05) is 33.3 Å². The standard InChI is InChI=1S/C15H22N6/c1-12-10-14(18-13(2)17-12)21-8-6-20(7-9-21)11-15-16-4-5-19(15)3/h4-5,10H,6-9,11H2,1-3H3. The molecule has 1 aliphatic rings. The Bertz CT molecular complexity index is 592. The van der Waals surface area contributed by atoms with Gasteiger partial charge < -0.3 is 9.47 Å². The van der Waals surface area contributed by atoms with Crippen LogP contribution in [0.15, 0.2) is 18.5 Å². The van der Waals surface area contributed by atoms with Crippen LogP contribution in [0.1, 0.15) is 17.3 Å². The van der Waals surface area contributed by atoms with E-state index in [-0.39, 0.29) is 0 Å². The molecule has 3 heterocycles. The number of hydrogen-bond acceptors (Lipinski definition) is 5. The predicted molar refractivity (Wildman–Crippen MR) is 82.2 cm³/mol. The van der Waals surface area contributed by atoms with E-state index in [4.69, 9.17) is 0 Å². The number of aryl methyl sites for hydroxylation is 3. The van der Waals surface area contributed by atoms with Crippen molar-refractivity contribution < 1.29 is 0 Å². The molecule has 3 rings (SSSR count). The van der Waals surface area contributed by atoms with E-state index in [2.05, 4.69) is 35.4 Å². The second-order valence-corrected chi connectivity index (χ2v) is 5.63. The smallest absolute Gasteiger partial charge is 0.132 e. The van der Waals surface area contributed by atoms with Gasteiger partial charge in [-0.15, -0.1) is 0 Å². The van der Waals surface area contributed by atoms with Crippen molar-refractivity contribution in [3.05, 3.63) is 35.8 Å². The molecule has 6 nitrogen and oxygen atoms in total. The van der Waals surface area contributed by atoms with E-state index < -0.39 is 0 Å². The molecule has 112 valence electrons. The lowest BCUT2D eigenvalue weighted by molar-refractivity contribution is 0.241. The van der Waals surface area contributed by atoms with Crippen LogP contribution in [0.2, 0.25) is 0 Å². The average molecular weight is 286 g/mol. The van der Waals surface area contributed by atoms with Crippen LogP contribution in [0.5, 0.6) is 0 Å². The molecule has 0 aliphatic carbocycles. The van der Waals surface area contributed by atoms with Crippen LogP contribution in [0.25, 0.3) is 0 Å². The minimum Gasteiger partial charge on any atom is -0.354 e. The summed E-state index contributed by atoms with van der Waals surface area (Å²) in [5, 5.41) is 0. The Morgan fingerprint density at radius 3 is 2.48 bits per heavy atom. The Morgan fingerprint density at radius 1 is 1.10 bits per heavy atom. The molecule has 1 fully saturated rings. The van der Waals surface area contributed by atoms with Gasteiger partial charge in [-0.3, -0.25) is 4.90 Å². The second kappa shape index (κ2) is 5.81. The number of hydrogen-bond donors (Lipinski definition) is 0. The van der Waals surface area contributed by atoms with E-state index in [0.717, 1.165) is 55.9 Å². The zero-order valence-electron chi connectivity index (χ0n) is 13.0. The largest absolute Gasteiger partial charge is 0.354 e. The van der Waals surface area contributed by atoms with E-state index in [9.17, 15) is 0 Å². The van der Waals surface area contributed by atoms with Gasteiger partial charge in [0, 0.05) is 57.4 Å². The van der Waals surface area contributed by atoms with Crippen molar-refractivity contribution >= 4 is 5.82 Å². The molecule has 0 bridgehead atoms. The normalized spacial score (nSPS) is 16.4. The minimum atomic E-state index is 0.848. The van der Waals surface area contributed by atoms with Gasteiger partial charge in [-0.05, 0) is 13.8 Å². The summed E-state index contributed by atoms with van der Waals surface area (Å²) in [6.07, 6.45) is 3.86. The number of nitrogens with zero attached hydrogens (tertiary/aromatic N) is 6. The van der Waals surface area contributed by atoms with Gasteiger partial charge in [0.2, 0.25) is 0 Å². The van der Waals surface area contributed by atoms with Gasteiger partial charge in [-0.1, -0.05) is 0 Å². The van der Waals surface area contributed by atoms with Gasteiger partial charge in [-0.25, -0.2) is 15.0 Å². The predicted octanol–water partition coefficient (Wildman–Crippen LogP) is 1.15. The Kier molecular flexibility index (Phi) is 3.88. The summed E-state index contributed by atoms with van der Waals surface area (Å²) in [6, 6.07) is 2.07. The van der Waals surface area contributed by atoms with E-state index >= 15 is 0 Å². The highest BCUT2D eigenvalue weighted by Gasteiger charge is 2.19. The van der Waals surface area contributed by atoms with E-state index in [1.54, 1.807) is 0 Å². The molecule has 1 saturated heterocycles. The Balaban J connectivity index is 1.61. The molecule has 0 atom stereocenters. The molecular weight excluding hydrogens is 264 g/mol. The molecule has 21 heavy (non-hydrogen) atoms. The molecule has 0 N–H and O–H groups in total. The van der Waals surface area contributed by atoms with Crippen molar-refractivity contribution in [1.29, 1.82) is 0 Å². The molecule has 1 aliphatic heterocycles. The molecule has 2 aromatic heterocycles. The van der Waals surface area contributed by atoms with Crippen molar-refractivity contribution in [1.82, 2.24) is 24.4 Å². The maximum atomic E-state index is 4.55. The first-order chi connectivity index (χ1) is 10.1. The van der Waals surface area contributed by atoms with Crippen molar-refractivity contribution in [3.63, 3.8) is 0 Å². The minimum absolute atomic E-state index is 0.848. The fourth-order valence-electron chi connectivity index (χ4n) is 2.74. The molecule has 0 amide bonds. The number of imidazole rings is 1. The van der Waals surface area contributed by atoms with Crippen LogP contribution in [0.4, 0.5) is 5.82 Å². The number of anilines is 1. The summed E-state index contributed by atoms with van der Waals surface area (Å²) < 4.78 is 2.09. The van der Waals surface area contributed by atoms with Crippen LogP contribution < -0.4 is 4.90 Å². The molecule has 0 unspecified atom stereocenters. The number of rotatable bonds is 3. The molecule has 6 heteroatoms. The fraction of sp³-hybridized carbons (Fsp3) is 0.533. The summed E-state index contributed by atoms with van der Waals surface area (Å²) in [5.74, 6) is 3.02. The zero-order chi connectivity index (χ0) is 14.8. The number of aromatic nitrogens is 4. The Hall–Kier alpha value is -1.95. The maximum Gasteiger partial charge on any atom is 0.132 e. The average Bonchev–Trinajstić information content (AvgIpc) is 2.84. The van der Waals surface area contributed by atoms with Crippen LogP contribution in [-0.2, 0) is 13.6 Å². The van der Waals surface area contributed by atoms with E-state index in [1.165, 1.54) is 0 Å². The van der Waals surface area contributed by atoms with Crippen LogP contribution in [-0.4, -0.2) is 50.6 Å². The highest BCUT2D eigenvalue weighted by atomic mass is 15.3. The topological polar surface area (TPSA) is 50.1 Å². The Labute approximate surface area is 125 Å². The maximum absolute atomic E-state index is 4.55. The Morgan fingerprint density at radius 2 is 1.86 bits per heavy atom. The zero-order valence-corrected chi connectivity index (χ0v) is 13.0. The molecular formula is C15H22N6. The SMILES string of the molecule is Cc1cc(N2CCN(Cc3nccn3C)CC2)nc(C)n1. The molecule has 0 radical (unpaired) electrons. The van der Waals surface area contributed by atoms with Gasteiger partial charge in [-0.2, -0.15) is 0 Å². The second-order valence-electron chi connectivity index (χ2n) is 5.63. The van der Waals surface area contributed by atoms with Gasteiger partial charge in [0.15, 0.2) is 0 Å². The highest BCUT2D eigenvalue weighted by molar-refractivity contribution is 5.40. The molecule has 0 spiro atoms. The lowest BCUT2D eigenvalue weighted by Crippen LogP contribution is -2.46. The van der Waals surface area contributed by atoms with Gasteiger partial charge >= 0.3 is 0 Å². The van der Waals surface area contributed by atoms with Crippen molar-refractivity contribution in [2.45, 2.75) is 20.4 Å². The summed E-state index contributed by atoms with van der Waals surface area (Å²) in [4.78, 5) is 18.1.